The molecular formula is C26H27NO2. The van der Waals surface area contributed by atoms with Gasteiger partial charge in [-0.1, -0.05) is 48.0 Å². The predicted octanol–water partition coefficient (Wildman–Crippen LogP) is 4.95. The zero-order chi connectivity index (χ0) is 20.5. The summed E-state index contributed by atoms with van der Waals surface area (Å²) >= 11 is 0. The van der Waals surface area contributed by atoms with Gasteiger partial charge in [-0.25, -0.2) is 0 Å². The third kappa shape index (κ3) is 3.88. The molecule has 148 valence electrons. The van der Waals surface area contributed by atoms with E-state index in [2.05, 4.69) is 48.3 Å². The Morgan fingerprint density at radius 1 is 0.966 bits per heavy atom. The molecular weight excluding hydrogens is 358 g/mol. The second-order valence-electron chi connectivity index (χ2n) is 8.29. The molecule has 3 atom stereocenters. The van der Waals surface area contributed by atoms with Crippen molar-refractivity contribution < 1.29 is 9.90 Å². The zero-order valence-corrected chi connectivity index (χ0v) is 17.2. The lowest BCUT2D eigenvalue weighted by molar-refractivity contribution is -0.122. The van der Waals surface area contributed by atoms with Crippen molar-refractivity contribution in [3.05, 3.63) is 88.7 Å². The maximum Gasteiger partial charge on any atom is 0.146 e. The Bertz CT molecular complexity index is 1000. The van der Waals surface area contributed by atoms with Gasteiger partial charge in [0.1, 0.15) is 5.78 Å². The summed E-state index contributed by atoms with van der Waals surface area (Å²) in [5.74, 6) is -0.492. The average Bonchev–Trinajstić information content (AvgIpc) is 2.96. The SMILES string of the molecule is Cc1ccc(-c2cc(C)c(C3C(=O)C(Cc4ccccn4)CC3O)c(C)c2)cc1. The van der Waals surface area contributed by atoms with Gasteiger partial charge in [-0.3, -0.25) is 9.78 Å². The van der Waals surface area contributed by atoms with Crippen molar-refractivity contribution in [2.45, 2.75) is 45.6 Å². The van der Waals surface area contributed by atoms with E-state index in [4.69, 9.17) is 0 Å². The third-order valence-electron chi connectivity index (χ3n) is 6.09. The van der Waals surface area contributed by atoms with Gasteiger partial charge >= 0.3 is 0 Å². The molecule has 0 radical (unpaired) electrons. The molecule has 0 spiro atoms. The lowest BCUT2D eigenvalue weighted by atomic mass is 9.84. The maximum atomic E-state index is 13.2. The Kier molecular flexibility index (Phi) is 5.33. The molecule has 2 aromatic carbocycles. The van der Waals surface area contributed by atoms with Crippen LogP contribution in [0.5, 0.6) is 0 Å². The Morgan fingerprint density at radius 2 is 1.66 bits per heavy atom. The van der Waals surface area contributed by atoms with E-state index in [0.29, 0.717) is 12.8 Å². The number of Topliss-reactive ketones (excluding diaryl/α,β-unsaturated/α-hetero) is 1. The van der Waals surface area contributed by atoms with Gasteiger partial charge in [0.25, 0.3) is 0 Å². The van der Waals surface area contributed by atoms with Gasteiger partial charge in [0, 0.05) is 17.8 Å². The highest BCUT2D eigenvalue weighted by molar-refractivity contribution is 5.92. The van der Waals surface area contributed by atoms with Crippen LogP contribution in [0.1, 0.15) is 40.3 Å². The number of nitrogens with zero attached hydrogens (tertiary/aromatic N) is 1. The van der Waals surface area contributed by atoms with Crippen LogP contribution < -0.4 is 0 Å². The van der Waals surface area contributed by atoms with Gasteiger partial charge in [-0.2, -0.15) is 0 Å². The molecule has 0 saturated heterocycles. The number of hydrogen-bond acceptors (Lipinski definition) is 3. The first-order valence-electron chi connectivity index (χ1n) is 10.2. The number of aliphatic hydroxyl groups excluding tert-OH is 1. The summed E-state index contributed by atoms with van der Waals surface area (Å²) in [6, 6.07) is 18.5. The molecule has 1 aliphatic rings. The number of aromatic nitrogens is 1. The molecule has 0 aliphatic heterocycles. The van der Waals surface area contributed by atoms with Crippen LogP contribution in [0.25, 0.3) is 11.1 Å². The van der Waals surface area contributed by atoms with Crippen molar-refractivity contribution in [1.29, 1.82) is 0 Å². The normalized spacial score (nSPS) is 21.5. The second-order valence-corrected chi connectivity index (χ2v) is 8.29. The highest BCUT2D eigenvalue weighted by Crippen LogP contribution is 2.40. The minimum Gasteiger partial charge on any atom is -0.392 e. The molecule has 3 unspecified atom stereocenters. The molecule has 0 amide bonds. The van der Waals surface area contributed by atoms with Gasteiger partial charge in [-0.15, -0.1) is 0 Å². The first-order chi connectivity index (χ1) is 13.9. The van der Waals surface area contributed by atoms with E-state index < -0.39 is 12.0 Å². The van der Waals surface area contributed by atoms with Crippen molar-refractivity contribution >= 4 is 5.78 Å². The number of pyridine rings is 1. The summed E-state index contributed by atoms with van der Waals surface area (Å²) in [6.45, 7) is 6.18. The fourth-order valence-electron chi connectivity index (χ4n) is 4.66. The molecule has 3 nitrogen and oxygen atoms in total. The monoisotopic (exact) mass is 385 g/mol. The maximum absolute atomic E-state index is 13.2. The Balaban J connectivity index is 1.63. The molecule has 1 aliphatic carbocycles. The molecule has 4 rings (SSSR count). The molecule has 3 aromatic rings. The number of hydrogen-bond donors (Lipinski definition) is 1. The Hall–Kier alpha value is -2.78. The number of aliphatic hydroxyl groups is 1. The van der Waals surface area contributed by atoms with Crippen molar-refractivity contribution in [3.8, 4) is 11.1 Å². The molecule has 1 saturated carbocycles. The predicted molar refractivity (Wildman–Crippen MR) is 116 cm³/mol. The summed E-state index contributed by atoms with van der Waals surface area (Å²) in [6.07, 6.45) is 2.20. The molecule has 0 bridgehead atoms. The standard InChI is InChI=1S/C26H27NO2/c1-16-7-9-19(10-8-16)20-12-17(2)24(18(3)13-20)25-23(28)15-21(26(25)29)14-22-6-4-5-11-27-22/h4-13,21,23,25,28H,14-15H2,1-3H3. The van der Waals surface area contributed by atoms with Crippen molar-refractivity contribution in [2.24, 2.45) is 5.92 Å². The fourth-order valence-corrected chi connectivity index (χ4v) is 4.66. The first-order valence-corrected chi connectivity index (χ1v) is 10.2. The van der Waals surface area contributed by atoms with E-state index in [-0.39, 0.29) is 11.7 Å². The summed E-state index contributed by atoms with van der Waals surface area (Å²) in [5, 5.41) is 10.8. The number of carbonyl (C=O) groups excluding carboxylic acids is 1. The van der Waals surface area contributed by atoms with E-state index in [1.807, 2.05) is 32.0 Å². The molecule has 1 fully saturated rings. The van der Waals surface area contributed by atoms with Crippen LogP contribution in [0.3, 0.4) is 0 Å². The van der Waals surface area contributed by atoms with Crippen LogP contribution in [-0.4, -0.2) is 22.0 Å². The highest BCUT2D eigenvalue weighted by Gasteiger charge is 2.43. The summed E-state index contributed by atoms with van der Waals surface area (Å²) < 4.78 is 0. The Labute approximate surface area is 172 Å². The van der Waals surface area contributed by atoms with E-state index in [9.17, 15) is 9.90 Å². The molecule has 3 heteroatoms. The number of aryl methyl sites for hydroxylation is 3. The topological polar surface area (TPSA) is 50.2 Å². The van der Waals surface area contributed by atoms with Gasteiger partial charge in [-0.05, 0) is 73.6 Å². The van der Waals surface area contributed by atoms with Crippen LogP contribution >= 0.6 is 0 Å². The van der Waals surface area contributed by atoms with Gasteiger partial charge in [0.2, 0.25) is 0 Å². The van der Waals surface area contributed by atoms with Crippen LogP contribution in [0.15, 0.2) is 60.8 Å². The molecule has 29 heavy (non-hydrogen) atoms. The molecule has 1 aromatic heterocycles. The highest BCUT2D eigenvalue weighted by atomic mass is 16.3. The number of ketones is 1. The lowest BCUT2D eigenvalue weighted by Crippen LogP contribution is -2.21. The zero-order valence-electron chi connectivity index (χ0n) is 17.2. The van der Waals surface area contributed by atoms with Crippen molar-refractivity contribution in [1.82, 2.24) is 4.98 Å². The molecule has 1 N–H and O–H groups in total. The Morgan fingerprint density at radius 3 is 2.28 bits per heavy atom. The number of benzene rings is 2. The minimum atomic E-state index is -0.640. The van der Waals surface area contributed by atoms with Crippen LogP contribution in [0.2, 0.25) is 0 Å². The van der Waals surface area contributed by atoms with Crippen LogP contribution in [-0.2, 0) is 11.2 Å². The van der Waals surface area contributed by atoms with Crippen LogP contribution in [0.4, 0.5) is 0 Å². The summed E-state index contributed by atoms with van der Waals surface area (Å²) in [4.78, 5) is 17.6. The van der Waals surface area contributed by atoms with E-state index in [1.165, 1.54) is 11.1 Å². The summed E-state index contributed by atoms with van der Waals surface area (Å²) in [7, 11) is 0. The van der Waals surface area contributed by atoms with E-state index in [1.54, 1.807) is 6.20 Å². The average molecular weight is 386 g/mol. The quantitative estimate of drug-likeness (QED) is 0.691. The van der Waals surface area contributed by atoms with Crippen molar-refractivity contribution in [2.75, 3.05) is 0 Å². The van der Waals surface area contributed by atoms with Crippen LogP contribution in [0, 0.1) is 26.7 Å². The van der Waals surface area contributed by atoms with E-state index >= 15 is 0 Å². The van der Waals surface area contributed by atoms with E-state index in [0.717, 1.165) is 27.9 Å². The molecule has 1 heterocycles. The van der Waals surface area contributed by atoms with Gasteiger partial charge < -0.3 is 5.11 Å². The lowest BCUT2D eigenvalue weighted by Gasteiger charge is -2.20. The second kappa shape index (κ2) is 7.92. The minimum absolute atomic E-state index is 0.137. The number of rotatable bonds is 4. The fraction of sp³-hybridized carbons (Fsp3) is 0.308. The smallest absolute Gasteiger partial charge is 0.146 e. The van der Waals surface area contributed by atoms with Gasteiger partial charge in [0.15, 0.2) is 0 Å². The largest absolute Gasteiger partial charge is 0.392 e. The van der Waals surface area contributed by atoms with Gasteiger partial charge in [0.05, 0.1) is 12.0 Å². The van der Waals surface area contributed by atoms with Crippen molar-refractivity contribution in [3.63, 3.8) is 0 Å². The summed E-state index contributed by atoms with van der Waals surface area (Å²) in [5.41, 5.74) is 7.57. The third-order valence-corrected chi connectivity index (χ3v) is 6.09. The first kappa shape index (κ1) is 19.5. The number of carbonyl (C=O) groups is 1.